The van der Waals surface area contributed by atoms with Crippen LogP contribution >= 0.6 is 0 Å². The highest BCUT2D eigenvalue weighted by molar-refractivity contribution is 5.36. The van der Waals surface area contributed by atoms with Crippen molar-refractivity contribution in [2.45, 2.75) is 12.0 Å². The first kappa shape index (κ1) is 10.3. The Kier molecular flexibility index (Phi) is 2.79. The van der Waals surface area contributed by atoms with Gasteiger partial charge in [0.2, 0.25) is 5.95 Å². The molecule has 1 aromatic rings. The molecule has 1 aromatic heterocycles. The molecule has 82 valence electrons. The highest BCUT2D eigenvalue weighted by Crippen LogP contribution is 2.22. The minimum atomic E-state index is -0.598. The Balaban J connectivity index is 2.12. The summed E-state index contributed by atoms with van der Waals surface area (Å²) in [5.74, 6) is -0.235. The lowest BCUT2D eigenvalue weighted by Gasteiger charge is -2.26. The minimum absolute atomic E-state index is 0.0708. The van der Waals surface area contributed by atoms with Crippen LogP contribution in [0.3, 0.4) is 0 Å². The van der Waals surface area contributed by atoms with Crippen molar-refractivity contribution in [2.75, 3.05) is 25.1 Å². The lowest BCUT2D eigenvalue weighted by atomic mass is 10.0. The van der Waals surface area contributed by atoms with Crippen LogP contribution in [0.1, 0.15) is 6.42 Å². The summed E-state index contributed by atoms with van der Waals surface area (Å²) in [4.78, 5) is 7.22. The van der Waals surface area contributed by atoms with E-state index in [4.69, 9.17) is 4.74 Å². The zero-order valence-corrected chi connectivity index (χ0v) is 8.11. The second kappa shape index (κ2) is 4.08. The van der Waals surface area contributed by atoms with E-state index in [0.29, 0.717) is 25.5 Å². The van der Waals surface area contributed by atoms with Crippen molar-refractivity contribution in [2.24, 2.45) is 0 Å². The number of nitrogens with zero attached hydrogens (tertiary/aromatic N) is 2. The Bertz CT molecular complexity index is 342. The van der Waals surface area contributed by atoms with Gasteiger partial charge in [-0.15, -0.1) is 0 Å². The van der Waals surface area contributed by atoms with Crippen molar-refractivity contribution in [1.29, 1.82) is 0 Å². The van der Waals surface area contributed by atoms with E-state index in [-0.39, 0.29) is 6.61 Å². The van der Waals surface area contributed by atoms with Crippen molar-refractivity contribution in [3.8, 4) is 0 Å². The second-order valence-corrected chi connectivity index (χ2v) is 3.59. The van der Waals surface area contributed by atoms with Gasteiger partial charge in [0.25, 0.3) is 0 Å². The Morgan fingerprint density at radius 3 is 3.07 bits per heavy atom. The molecule has 0 saturated carbocycles. The van der Waals surface area contributed by atoms with E-state index in [1.807, 2.05) is 0 Å². The topological polar surface area (TPSA) is 67.3 Å². The molecule has 1 unspecified atom stereocenters. The lowest BCUT2D eigenvalue weighted by molar-refractivity contribution is 0.152. The number of anilines is 1. The van der Waals surface area contributed by atoms with E-state index in [1.54, 1.807) is 0 Å². The third-order valence-electron chi connectivity index (χ3n) is 2.43. The van der Waals surface area contributed by atoms with Crippen LogP contribution < -0.4 is 5.32 Å². The summed E-state index contributed by atoms with van der Waals surface area (Å²) in [6, 6.07) is 1.19. The number of rotatable bonds is 3. The van der Waals surface area contributed by atoms with Gasteiger partial charge < -0.3 is 15.2 Å². The molecule has 6 heteroatoms. The third kappa shape index (κ3) is 2.21. The normalized spacial score (nSPS) is 25.5. The summed E-state index contributed by atoms with van der Waals surface area (Å²) in [6.45, 7) is 0.912. The largest absolute Gasteiger partial charge is 0.394 e. The maximum Gasteiger partial charge on any atom is 0.217 e. The number of aliphatic hydroxyl groups excluding tert-OH is 1. The molecule has 5 nitrogen and oxygen atoms in total. The predicted molar refractivity (Wildman–Crippen MR) is 50.9 cm³/mol. The maximum atomic E-state index is 12.8. The highest BCUT2D eigenvalue weighted by atomic mass is 19.1. The summed E-state index contributed by atoms with van der Waals surface area (Å²) in [5.41, 5.74) is -0.541. The predicted octanol–water partition coefficient (Wildman–Crippen LogP) is 0.179. The van der Waals surface area contributed by atoms with Gasteiger partial charge in [-0.25, -0.2) is 9.97 Å². The zero-order valence-electron chi connectivity index (χ0n) is 8.11. The molecular formula is C9H12FN3O2. The molecule has 0 aromatic carbocycles. The fraction of sp³-hybridized carbons (Fsp3) is 0.556. The first-order valence-electron chi connectivity index (χ1n) is 4.68. The van der Waals surface area contributed by atoms with E-state index in [0.717, 1.165) is 6.33 Å². The van der Waals surface area contributed by atoms with Crippen LogP contribution in [0.4, 0.5) is 10.2 Å². The number of aliphatic hydroxyl groups is 1. The van der Waals surface area contributed by atoms with E-state index >= 15 is 0 Å². The quantitative estimate of drug-likeness (QED) is 0.701. The zero-order chi connectivity index (χ0) is 10.7. The van der Waals surface area contributed by atoms with Gasteiger partial charge in [-0.05, 0) is 6.42 Å². The van der Waals surface area contributed by atoms with Gasteiger partial charge in [0.05, 0.1) is 18.8 Å². The van der Waals surface area contributed by atoms with Crippen molar-refractivity contribution < 1.29 is 14.2 Å². The van der Waals surface area contributed by atoms with Crippen molar-refractivity contribution >= 4 is 5.82 Å². The number of aromatic nitrogens is 2. The molecule has 0 spiro atoms. The molecule has 0 radical (unpaired) electrons. The van der Waals surface area contributed by atoms with Crippen LogP contribution in [0, 0.1) is 5.95 Å². The van der Waals surface area contributed by atoms with Gasteiger partial charge in [0.15, 0.2) is 0 Å². The van der Waals surface area contributed by atoms with Gasteiger partial charge in [-0.2, -0.15) is 4.39 Å². The van der Waals surface area contributed by atoms with Crippen LogP contribution in [0.5, 0.6) is 0 Å². The van der Waals surface area contributed by atoms with E-state index < -0.39 is 11.5 Å². The van der Waals surface area contributed by atoms with Crippen LogP contribution in [0.2, 0.25) is 0 Å². The van der Waals surface area contributed by atoms with E-state index in [1.165, 1.54) is 6.07 Å². The van der Waals surface area contributed by atoms with Gasteiger partial charge in [0.1, 0.15) is 12.1 Å². The number of halogens is 1. The number of ether oxygens (including phenoxy) is 1. The summed E-state index contributed by atoms with van der Waals surface area (Å²) in [6.07, 6.45) is 1.81. The Morgan fingerprint density at radius 1 is 1.60 bits per heavy atom. The van der Waals surface area contributed by atoms with Crippen LogP contribution in [0.15, 0.2) is 12.4 Å². The van der Waals surface area contributed by atoms with Crippen molar-refractivity contribution in [3.63, 3.8) is 0 Å². The van der Waals surface area contributed by atoms with Crippen LogP contribution in [0.25, 0.3) is 0 Å². The molecule has 1 aliphatic heterocycles. The van der Waals surface area contributed by atoms with Crippen molar-refractivity contribution in [1.82, 2.24) is 9.97 Å². The standard InChI is InChI=1S/C9H12FN3O2/c10-7-3-8(12-6-11-7)13-9(4-14)1-2-15-5-9/h3,6,14H,1-2,4-5H2,(H,11,12,13). The third-order valence-corrected chi connectivity index (χ3v) is 2.43. The minimum Gasteiger partial charge on any atom is -0.394 e. The van der Waals surface area contributed by atoms with Gasteiger partial charge >= 0.3 is 0 Å². The first-order chi connectivity index (χ1) is 7.24. The average Bonchev–Trinajstić information content (AvgIpc) is 2.67. The summed E-state index contributed by atoms with van der Waals surface area (Å²) in [7, 11) is 0. The molecule has 1 saturated heterocycles. The number of hydrogen-bond acceptors (Lipinski definition) is 5. The Hall–Kier alpha value is -1.27. The highest BCUT2D eigenvalue weighted by Gasteiger charge is 2.34. The van der Waals surface area contributed by atoms with Crippen molar-refractivity contribution in [3.05, 3.63) is 18.3 Å². The molecule has 0 aliphatic carbocycles. The molecule has 0 bridgehead atoms. The molecule has 2 N–H and O–H groups in total. The van der Waals surface area contributed by atoms with Gasteiger partial charge in [-0.1, -0.05) is 0 Å². The van der Waals surface area contributed by atoms with Crippen LogP contribution in [-0.4, -0.2) is 40.4 Å². The SMILES string of the molecule is OCC1(Nc2cc(F)ncn2)CCOC1. The molecule has 1 fully saturated rings. The fourth-order valence-electron chi connectivity index (χ4n) is 1.54. The summed E-state index contributed by atoms with van der Waals surface area (Å²) < 4.78 is 18.0. The van der Waals surface area contributed by atoms with E-state index in [2.05, 4.69) is 15.3 Å². The Morgan fingerprint density at radius 2 is 2.47 bits per heavy atom. The summed E-state index contributed by atoms with van der Waals surface area (Å²) >= 11 is 0. The molecule has 2 heterocycles. The maximum absolute atomic E-state index is 12.8. The molecular weight excluding hydrogens is 201 g/mol. The summed E-state index contributed by atoms with van der Waals surface area (Å²) in [5, 5.41) is 12.2. The molecule has 1 atom stereocenters. The average molecular weight is 213 g/mol. The molecule has 0 amide bonds. The smallest absolute Gasteiger partial charge is 0.217 e. The lowest BCUT2D eigenvalue weighted by Crippen LogP contribution is -2.43. The van der Waals surface area contributed by atoms with Gasteiger partial charge in [-0.3, -0.25) is 0 Å². The molecule has 15 heavy (non-hydrogen) atoms. The van der Waals surface area contributed by atoms with E-state index in [9.17, 15) is 9.50 Å². The number of nitrogens with one attached hydrogen (secondary N) is 1. The number of hydrogen-bond donors (Lipinski definition) is 2. The first-order valence-corrected chi connectivity index (χ1v) is 4.68. The van der Waals surface area contributed by atoms with Crippen LogP contribution in [-0.2, 0) is 4.74 Å². The molecule has 1 aliphatic rings. The monoisotopic (exact) mass is 213 g/mol. The fourth-order valence-corrected chi connectivity index (χ4v) is 1.54. The van der Waals surface area contributed by atoms with Gasteiger partial charge in [0, 0.05) is 12.7 Å². The second-order valence-electron chi connectivity index (χ2n) is 3.59. The Labute approximate surface area is 86.3 Å². The molecule has 2 rings (SSSR count).